The molecule has 0 spiro atoms. The summed E-state index contributed by atoms with van der Waals surface area (Å²) in [6.45, 7) is 3.74. The molecular formula is C28H27N3O4. The quantitative estimate of drug-likeness (QED) is 0.392. The van der Waals surface area contributed by atoms with Crippen molar-refractivity contribution in [1.29, 1.82) is 0 Å². The van der Waals surface area contributed by atoms with Gasteiger partial charge in [0, 0.05) is 41.7 Å². The molecule has 2 N–H and O–H groups in total. The van der Waals surface area contributed by atoms with Crippen molar-refractivity contribution in [2.45, 2.75) is 20.4 Å². The molecule has 2 amide bonds. The number of aryl methyl sites for hydroxylation is 1. The van der Waals surface area contributed by atoms with Gasteiger partial charge in [0.05, 0.1) is 31.0 Å². The lowest BCUT2D eigenvalue weighted by atomic mass is 10.0. The van der Waals surface area contributed by atoms with Crippen LogP contribution in [0.1, 0.15) is 28.4 Å². The number of fused-ring (bicyclic) bond motifs is 1. The number of ether oxygens (including phenoxy) is 2. The van der Waals surface area contributed by atoms with E-state index in [9.17, 15) is 9.59 Å². The Kier molecular flexibility index (Phi) is 6.96. The second kappa shape index (κ2) is 10.3. The van der Waals surface area contributed by atoms with Crippen LogP contribution in [0, 0.1) is 6.92 Å². The van der Waals surface area contributed by atoms with Crippen LogP contribution in [-0.4, -0.2) is 31.0 Å². The number of benzene rings is 3. The van der Waals surface area contributed by atoms with Gasteiger partial charge in [-0.25, -0.2) is 4.98 Å². The Hall–Kier alpha value is -4.39. The van der Waals surface area contributed by atoms with Crippen LogP contribution in [0.2, 0.25) is 0 Å². The van der Waals surface area contributed by atoms with E-state index >= 15 is 0 Å². The molecule has 7 nitrogen and oxygen atoms in total. The first-order chi connectivity index (χ1) is 16.9. The van der Waals surface area contributed by atoms with E-state index in [1.807, 2.05) is 61.5 Å². The molecule has 0 fully saturated rings. The van der Waals surface area contributed by atoms with Gasteiger partial charge in [-0.1, -0.05) is 23.8 Å². The first-order valence-corrected chi connectivity index (χ1v) is 11.2. The number of hydrogen-bond acceptors (Lipinski definition) is 5. The topological polar surface area (TPSA) is 89.6 Å². The molecular weight excluding hydrogens is 442 g/mol. The SMILES string of the molecule is COc1ccc(CNC(=O)c2cc(-c3ccc(NC(C)=O)cc3)nc3ccc(C)cc23)c(OC)c1. The molecule has 178 valence electrons. The van der Waals surface area contributed by atoms with Crippen molar-refractivity contribution in [2.24, 2.45) is 0 Å². The molecule has 0 aliphatic rings. The van der Waals surface area contributed by atoms with Gasteiger partial charge in [0.25, 0.3) is 5.91 Å². The fraction of sp³-hybridized carbons (Fsp3) is 0.179. The lowest BCUT2D eigenvalue weighted by Crippen LogP contribution is -2.23. The van der Waals surface area contributed by atoms with Crippen molar-refractivity contribution in [3.8, 4) is 22.8 Å². The van der Waals surface area contributed by atoms with Crippen molar-refractivity contribution in [3.05, 3.63) is 83.4 Å². The van der Waals surface area contributed by atoms with Gasteiger partial charge in [-0.2, -0.15) is 0 Å². The summed E-state index contributed by atoms with van der Waals surface area (Å²) < 4.78 is 10.7. The third kappa shape index (κ3) is 5.41. The van der Waals surface area contributed by atoms with E-state index in [-0.39, 0.29) is 11.8 Å². The molecule has 0 saturated carbocycles. The number of carbonyl (C=O) groups excluding carboxylic acids is 2. The number of nitrogens with zero attached hydrogens (tertiary/aromatic N) is 1. The Labute approximate surface area is 204 Å². The highest BCUT2D eigenvalue weighted by molar-refractivity contribution is 6.07. The molecule has 1 heterocycles. The Morgan fingerprint density at radius 3 is 2.37 bits per heavy atom. The number of carbonyl (C=O) groups is 2. The number of anilines is 1. The first-order valence-electron chi connectivity index (χ1n) is 11.2. The highest BCUT2D eigenvalue weighted by Gasteiger charge is 2.15. The van der Waals surface area contributed by atoms with Crippen molar-refractivity contribution in [1.82, 2.24) is 10.3 Å². The third-order valence-electron chi connectivity index (χ3n) is 5.64. The van der Waals surface area contributed by atoms with Crippen LogP contribution in [0.5, 0.6) is 11.5 Å². The molecule has 0 bridgehead atoms. The van der Waals surface area contributed by atoms with Crippen LogP contribution in [0.4, 0.5) is 5.69 Å². The number of nitrogens with one attached hydrogen (secondary N) is 2. The third-order valence-corrected chi connectivity index (χ3v) is 5.64. The number of pyridine rings is 1. The molecule has 35 heavy (non-hydrogen) atoms. The minimum Gasteiger partial charge on any atom is -0.497 e. The molecule has 0 atom stereocenters. The van der Waals surface area contributed by atoms with Crippen molar-refractivity contribution >= 4 is 28.4 Å². The number of hydrogen-bond donors (Lipinski definition) is 2. The molecule has 7 heteroatoms. The molecule has 0 aliphatic heterocycles. The van der Waals surface area contributed by atoms with Crippen LogP contribution in [0.15, 0.2) is 66.7 Å². The molecule has 0 aliphatic carbocycles. The summed E-state index contributed by atoms with van der Waals surface area (Å²) in [4.78, 5) is 29.5. The molecule has 1 aromatic heterocycles. The van der Waals surface area contributed by atoms with E-state index in [0.29, 0.717) is 35.0 Å². The smallest absolute Gasteiger partial charge is 0.252 e. The van der Waals surface area contributed by atoms with E-state index in [0.717, 1.165) is 27.6 Å². The average molecular weight is 470 g/mol. The molecule has 3 aromatic carbocycles. The van der Waals surface area contributed by atoms with Crippen LogP contribution < -0.4 is 20.1 Å². The molecule has 0 radical (unpaired) electrons. The highest BCUT2D eigenvalue weighted by Crippen LogP contribution is 2.28. The van der Waals surface area contributed by atoms with Crippen molar-refractivity contribution in [3.63, 3.8) is 0 Å². The number of rotatable bonds is 7. The van der Waals surface area contributed by atoms with E-state index in [1.165, 1.54) is 6.92 Å². The fourth-order valence-electron chi connectivity index (χ4n) is 3.87. The first kappa shape index (κ1) is 23.8. The molecule has 4 aromatic rings. The van der Waals surface area contributed by atoms with Crippen LogP contribution >= 0.6 is 0 Å². The second-order valence-corrected chi connectivity index (χ2v) is 8.19. The zero-order valence-corrected chi connectivity index (χ0v) is 20.1. The molecule has 0 unspecified atom stereocenters. The minimum atomic E-state index is -0.211. The van der Waals surface area contributed by atoms with E-state index in [2.05, 4.69) is 10.6 Å². The van der Waals surface area contributed by atoms with Crippen molar-refractivity contribution < 1.29 is 19.1 Å². The maximum absolute atomic E-state index is 13.4. The van der Waals surface area contributed by atoms with Gasteiger partial charge in [-0.05, 0) is 49.4 Å². The predicted octanol–water partition coefficient (Wildman–Crippen LogP) is 5.12. The summed E-state index contributed by atoms with van der Waals surface area (Å²) in [5.41, 5.74) is 5.35. The monoisotopic (exact) mass is 469 g/mol. The lowest BCUT2D eigenvalue weighted by Gasteiger charge is -2.14. The normalized spacial score (nSPS) is 10.6. The molecule has 4 rings (SSSR count). The van der Waals surface area contributed by atoms with Gasteiger partial charge in [0.15, 0.2) is 0 Å². The zero-order valence-electron chi connectivity index (χ0n) is 20.1. The Balaban J connectivity index is 1.67. The lowest BCUT2D eigenvalue weighted by molar-refractivity contribution is -0.114. The summed E-state index contributed by atoms with van der Waals surface area (Å²) in [5, 5.41) is 6.55. The van der Waals surface area contributed by atoms with Gasteiger partial charge in [0.1, 0.15) is 11.5 Å². The van der Waals surface area contributed by atoms with Crippen LogP contribution in [0.3, 0.4) is 0 Å². The summed E-state index contributed by atoms with van der Waals surface area (Å²) >= 11 is 0. The van der Waals surface area contributed by atoms with Gasteiger partial charge >= 0.3 is 0 Å². The van der Waals surface area contributed by atoms with E-state index in [4.69, 9.17) is 14.5 Å². The standard InChI is InChI=1S/C28H27N3O4/c1-17-5-12-25-23(13-17)24(15-26(31-25)19-6-9-21(10-7-19)30-18(2)32)28(33)29-16-20-8-11-22(34-3)14-27(20)35-4/h5-15H,16H2,1-4H3,(H,29,33)(H,30,32). The maximum atomic E-state index is 13.4. The average Bonchev–Trinajstić information content (AvgIpc) is 2.86. The Bertz CT molecular complexity index is 1400. The number of aromatic nitrogens is 1. The molecule has 0 saturated heterocycles. The van der Waals surface area contributed by atoms with E-state index in [1.54, 1.807) is 26.4 Å². The van der Waals surface area contributed by atoms with Crippen molar-refractivity contribution in [2.75, 3.05) is 19.5 Å². The zero-order chi connectivity index (χ0) is 24.9. The predicted molar refractivity (Wildman–Crippen MR) is 137 cm³/mol. The largest absolute Gasteiger partial charge is 0.497 e. The minimum absolute atomic E-state index is 0.135. The maximum Gasteiger partial charge on any atom is 0.252 e. The summed E-state index contributed by atoms with van der Waals surface area (Å²) in [6.07, 6.45) is 0. The van der Waals surface area contributed by atoms with Crippen LogP contribution in [0.25, 0.3) is 22.2 Å². The van der Waals surface area contributed by atoms with Crippen LogP contribution in [-0.2, 0) is 11.3 Å². The Morgan fingerprint density at radius 2 is 1.69 bits per heavy atom. The van der Waals surface area contributed by atoms with Gasteiger partial charge in [-0.3, -0.25) is 9.59 Å². The highest BCUT2D eigenvalue weighted by atomic mass is 16.5. The number of amides is 2. The van der Waals surface area contributed by atoms with Gasteiger partial charge < -0.3 is 20.1 Å². The summed E-state index contributed by atoms with van der Waals surface area (Å²) in [5.74, 6) is 0.975. The summed E-state index contributed by atoms with van der Waals surface area (Å²) in [6, 6.07) is 20.5. The fourth-order valence-corrected chi connectivity index (χ4v) is 3.87. The number of methoxy groups -OCH3 is 2. The second-order valence-electron chi connectivity index (χ2n) is 8.19. The van der Waals surface area contributed by atoms with Gasteiger partial charge in [-0.15, -0.1) is 0 Å². The van der Waals surface area contributed by atoms with Gasteiger partial charge in [0.2, 0.25) is 5.91 Å². The summed E-state index contributed by atoms with van der Waals surface area (Å²) in [7, 11) is 3.18. The van der Waals surface area contributed by atoms with E-state index < -0.39 is 0 Å². The Morgan fingerprint density at radius 1 is 0.914 bits per heavy atom.